The Morgan fingerprint density at radius 3 is 0.738 bits per heavy atom. The maximum Gasteiger partial charge on any atom is 0.333 e. The lowest BCUT2D eigenvalue weighted by molar-refractivity contribution is -0.141. The number of carbonyl (C=O) groups excluding carboxylic acids is 4. The van der Waals surface area contributed by atoms with Crippen molar-refractivity contribution in [2.24, 2.45) is 0 Å². The van der Waals surface area contributed by atoms with E-state index in [-0.39, 0.29) is 119 Å². The Hall–Kier alpha value is -3.60. The summed E-state index contributed by atoms with van der Waals surface area (Å²) in [6, 6.07) is 0. The molecule has 0 heterocycles. The molecule has 0 saturated heterocycles. The molecule has 0 bridgehead atoms. The highest BCUT2D eigenvalue weighted by Crippen LogP contribution is 2.02. The van der Waals surface area contributed by atoms with Crippen molar-refractivity contribution in [1.29, 1.82) is 0 Å². The maximum atomic E-state index is 11.5. The van der Waals surface area contributed by atoms with Crippen molar-refractivity contribution >= 4 is 23.9 Å². The summed E-state index contributed by atoms with van der Waals surface area (Å²) in [5.41, 5.74) is 1.26. The molecule has 0 aromatic carbocycles. The molecule has 0 spiro atoms. The molecule has 0 amide bonds. The van der Waals surface area contributed by atoms with Crippen molar-refractivity contribution in [2.75, 3.05) is 159 Å². The standard InChI is InChI=1S/C42H70O19/c1-33(2)39(43)58-25-19-49-11-9-47-13-15-53-29-37(56-23-17-51-21-27-60-41(45)35(5)6)31-55-32-38(57-24-18-52-22-28-61-42(46)36(7)8)30-54-16-14-48-10-12-50-20-26-59-40(44)34(3)4/h37-38H,1,3,5,7,9-32H2,2,4,6,8H3. The van der Waals surface area contributed by atoms with Gasteiger partial charge in [-0.1, -0.05) is 26.3 Å². The molecule has 0 N–H and O–H groups in total. The maximum absolute atomic E-state index is 11.5. The first-order valence-electron chi connectivity index (χ1n) is 20.1. The SMILES string of the molecule is C=C(C)C(=O)OCCOCCOCCOCC(COCC(COCCOCCOCCOC(=O)C(=C)C)OCCOCCOC(=O)C(=C)C)OCCOCCOC(=O)C(=C)C. The Bertz CT molecular complexity index is 1150. The van der Waals surface area contributed by atoms with Crippen molar-refractivity contribution in [3.8, 4) is 0 Å². The fourth-order valence-electron chi connectivity index (χ4n) is 3.95. The van der Waals surface area contributed by atoms with E-state index in [9.17, 15) is 19.2 Å². The summed E-state index contributed by atoms with van der Waals surface area (Å²) < 4.78 is 82.4. The van der Waals surface area contributed by atoms with Gasteiger partial charge < -0.3 is 71.1 Å². The number of carbonyl (C=O) groups is 4. The van der Waals surface area contributed by atoms with Crippen molar-refractivity contribution < 1.29 is 90.2 Å². The minimum absolute atomic E-state index is 0.0860. The molecule has 0 aliphatic heterocycles. The summed E-state index contributed by atoms with van der Waals surface area (Å²) >= 11 is 0. The molecule has 2 unspecified atom stereocenters. The predicted octanol–water partition coefficient (Wildman–Crippen LogP) is 2.38. The molecule has 19 nitrogen and oxygen atoms in total. The third-order valence-corrected chi connectivity index (χ3v) is 7.10. The van der Waals surface area contributed by atoms with Gasteiger partial charge in [-0.05, 0) is 27.7 Å². The number of hydrogen-bond donors (Lipinski definition) is 0. The number of hydrogen-bond acceptors (Lipinski definition) is 19. The van der Waals surface area contributed by atoms with E-state index in [0.29, 0.717) is 61.9 Å². The fraction of sp³-hybridized carbons (Fsp3) is 0.714. The molecule has 61 heavy (non-hydrogen) atoms. The second-order valence-electron chi connectivity index (χ2n) is 13.0. The molecule has 352 valence electrons. The first kappa shape index (κ1) is 57.4. The minimum atomic E-state index is -0.485. The van der Waals surface area contributed by atoms with Gasteiger partial charge in [-0.25, -0.2) is 19.2 Å². The van der Waals surface area contributed by atoms with Crippen LogP contribution < -0.4 is 0 Å². The largest absolute Gasteiger partial charge is 0.460 e. The second-order valence-corrected chi connectivity index (χ2v) is 13.0. The first-order valence-corrected chi connectivity index (χ1v) is 20.1. The van der Waals surface area contributed by atoms with Gasteiger partial charge in [0.1, 0.15) is 38.6 Å². The zero-order valence-corrected chi connectivity index (χ0v) is 36.7. The third-order valence-electron chi connectivity index (χ3n) is 7.10. The van der Waals surface area contributed by atoms with Crippen LogP contribution in [0.4, 0.5) is 0 Å². The van der Waals surface area contributed by atoms with E-state index >= 15 is 0 Å². The summed E-state index contributed by atoms with van der Waals surface area (Å²) in [6.07, 6.45) is -0.952. The molecule has 0 fully saturated rings. The lowest BCUT2D eigenvalue weighted by Gasteiger charge is -2.22. The van der Waals surface area contributed by atoms with Gasteiger partial charge >= 0.3 is 23.9 Å². The van der Waals surface area contributed by atoms with Crippen LogP contribution in [0.5, 0.6) is 0 Å². The average Bonchev–Trinajstić information content (AvgIpc) is 3.22. The molecule has 0 aliphatic carbocycles. The van der Waals surface area contributed by atoms with E-state index in [1.165, 1.54) is 0 Å². The van der Waals surface area contributed by atoms with Crippen molar-refractivity contribution in [3.05, 3.63) is 48.6 Å². The van der Waals surface area contributed by atoms with Gasteiger partial charge in [0.05, 0.1) is 132 Å². The number of esters is 4. The van der Waals surface area contributed by atoms with E-state index in [1.54, 1.807) is 27.7 Å². The summed E-state index contributed by atoms with van der Waals surface area (Å²) in [5.74, 6) is -1.89. The van der Waals surface area contributed by atoms with Crippen LogP contribution in [0, 0.1) is 0 Å². The highest BCUT2D eigenvalue weighted by molar-refractivity contribution is 5.88. The van der Waals surface area contributed by atoms with Gasteiger partial charge in [-0.2, -0.15) is 0 Å². The summed E-state index contributed by atoms with van der Waals surface area (Å²) in [7, 11) is 0. The van der Waals surface area contributed by atoms with Gasteiger partial charge in [-0.3, -0.25) is 0 Å². The van der Waals surface area contributed by atoms with Crippen LogP contribution in [-0.4, -0.2) is 195 Å². The summed E-state index contributed by atoms with van der Waals surface area (Å²) in [6.45, 7) is 25.8. The van der Waals surface area contributed by atoms with Crippen molar-refractivity contribution in [1.82, 2.24) is 0 Å². The fourth-order valence-corrected chi connectivity index (χ4v) is 3.95. The van der Waals surface area contributed by atoms with E-state index in [0.717, 1.165) is 0 Å². The van der Waals surface area contributed by atoms with Crippen LogP contribution in [-0.2, 0) is 90.2 Å². The number of ether oxygens (including phenoxy) is 15. The van der Waals surface area contributed by atoms with Gasteiger partial charge in [-0.15, -0.1) is 0 Å². The molecule has 0 aromatic heterocycles. The molecule has 0 radical (unpaired) electrons. The van der Waals surface area contributed by atoms with Crippen LogP contribution >= 0.6 is 0 Å². The van der Waals surface area contributed by atoms with E-state index in [4.69, 9.17) is 71.1 Å². The quantitative estimate of drug-likeness (QED) is 0.0373. The van der Waals surface area contributed by atoms with E-state index in [1.807, 2.05) is 0 Å². The molecule has 19 heteroatoms. The summed E-state index contributed by atoms with van der Waals surface area (Å²) in [4.78, 5) is 45.9. The Balaban J connectivity index is 4.83. The molecular weight excluding hydrogens is 808 g/mol. The Morgan fingerprint density at radius 1 is 0.295 bits per heavy atom. The lowest BCUT2D eigenvalue weighted by atomic mass is 10.3. The minimum Gasteiger partial charge on any atom is -0.460 e. The molecular formula is C42H70O19. The normalized spacial score (nSPS) is 12.0. The van der Waals surface area contributed by atoms with Crippen LogP contribution in [0.2, 0.25) is 0 Å². The smallest absolute Gasteiger partial charge is 0.333 e. The van der Waals surface area contributed by atoms with Crippen LogP contribution in [0.3, 0.4) is 0 Å². The third kappa shape index (κ3) is 37.9. The Morgan fingerprint density at radius 2 is 0.492 bits per heavy atom. The van der Waals surface area contributed by atoms with Crippen LogP contribution in [0.15, 0.2) is 48.6 Å². The summed E-state index contributed by atoms with van der Waals surface area (Å²) in [5, 5.41) is 0. The van der Waals surface area contributed by atoms with E-state index in [2.05, 4.69) is 26.3 Å². The monoisotopic (exact) mass is 878 g/mol. The zero-order chi connectivity index (χ0) is 45.4. The highest BCUT2D eigenvalue weighted by atomic mass is 16.6. The first-order chi connectivity index (χ1) is 29.3. The predicted molar refractivity (Wildman–Crippen MR) is 220 cm³/mol. The molecule has 2 atom stereocenters. The number of rotatable bonds is 44. The highest BCUT2D eigenvalue weighted by Gasteiger charge is 2.15. The second kappa shape index (κ2) is 40.5. The average molecular weight is 879 g/mol. The molecule has 0 saturated carbocycles. The topological polar surface area (TPSA) is 207 Å². The van der Waals surface area contributed by atoms with Crippen molar-refractivity contribution in [3.63, 3.8) is 0 Å². The van der Waals surface area contributed by atoms with Crippen LogP contribution in [0.25, 0.3) is 0 Å². The molecule has 0 aliphatic rings. The van der Waals surface area contributed by atoms with Gasteiger partial charge in [0.2, 0.25) is 0 Å². The Labute approximate surface area is 360 Å². The zero-order valence-electron chi connectivity index (χ0n) is 36.7. The van der Waals surface area contributed by atoms with Crippen LogP contribution in [0.1, 0.15) is 27.7 Å². The van der Waals surface area contributed by atoms with Gasteiger partial charge in [0, 0.05) is 22.3 Å². The lowest BCUT2D eigenvalue weighted by Crippen LogP contribution is -2.32. The molecule has 0 aromatic rings. The van der Waals surface area contributed by atoms with Gasteiger partial charge in [0.25, 0.3) is 0 Å². The van der Waals surface area contributed by atoms with E-state index < -0.39 is 36.1 Å². The van der Waals surface area contributed by atoms with Gasteiger partial charge in [0.15, 0.2) is 0 Å². The molecule has 0 rings (SSSR count). The Kier molecular flexibility index (Phi) is 38.1. The van der Waals surface area contributed by atoms with Crippen molar-refractivity contribution in [2.45, 2.75) is 39.9 Å².